The molecule has 3 heterocycles. The summed E-state index contributed by atoms with van der Waals surface area (Å²) in [7, 11) is 0. The number of benzene rings is 1. The van der Waals surface area contributed by atoms with E-state index in [0.29, 0.717) is 50.0 Å². The average Bonchev–Trinajstić information content (AvgIpc) is 2.90. The number of hydrogen-bond donors (Lipinski definition) is 2. The van der Waals surface area contributed by atoms with Crippen LogP contribution in [0, 0.1) is 5.82 Å². The van der Waals surface area contributed by atoms with E-state index in [4.69, 9.17) is 15.2 Å². The molecule has 1 aromatic carbocycles. The number of aryl methyl sites for hydroxylation is 1. The second-order valence-electron chi connectivity index (χ2n) is 10.5. The van der Waals surface area contributed by atoms with Crippen molar-refractivity contribution in [1.29, 1.82) is 0 Å². The molecule has 0 bridgehead atoms. The molecule has 11 heteroatoms. The fraction of sp³-hybridized carbons (Fsp3) is 0.571. The summed E-state index contributed by atoms with van der Waals surface area (Å²) in [4.78, 5) is 52.0. The Balaban J connectivity index is 1.56. The molecule has 0 spiro atoms. The van der Waals surface area contributed by atoms with Crippen molar-refractivity contribution in [3.8, 4) is 0 Å². The van der Waals surface area contributed by atoms with Gasteiger partial charge >= 0.3 is 11.9 Å². The number of anilines is 1. The van der Waals surface area contributed by atoms with Crippen LogP contribution in [0.4, 0.5) is 10.1 Å². The first-order valence-corrected chi connectivity index (χ1v) is 13.6. The van der Waals surface area contributed by atoms with Gasteiger partial charge in [-0.1, -0.05) is 6.92 Å². The Morgan fingerprint density at radius 3 is 2.54 bits per heavy atom. The molecular formula is C28H37FN4O6. The van der Waals surface area contributed by atoms with E-state index in [1.54, 1.807) is 13.1 Å². The maximum absolute atomic E-state index is 15.7. The zero-order valence-corrected chi connectivity index (χ0v) is 22.9. The number of amides is 1. The quantitative estimate of drug-likeness (QED) is 0.485. The zero-order valence-electron chi connectivity index (χ0n) is 22.9. The summed E-state index contributed by atoms with van der Waals surface area (Å²) in [5.74, 6) is -2.19. The number of nitrogens with one attached hydrogen (secondary N) is 1. The number of carbonyl (C=O) groups is 3. The molecule has 4 rings (SSSR count). The minimum Gasteiger partial charge on any atom is -0.462 e. The second-order valence-corrected chi connectivity index (χ2v) is 10.5. The standard InChI is InChI=1S/C28H37FN4O6/c1-5-12-38-28(37)21-14-33-15(2)6-7-19-23(33)20(25(21)34)13-22(29)24(19)32-10-8-18(9-11-32)39-27(36)17(4)31-26(35)16(3)30/h13-18H,5-12,30H2,1-4H3,(H,31,35)/t15-,16-,17-/m0/s1. The Kier molecular flexibility index (Phi) is 8.58. The largest absolute Gasteiger partial charge is 0.462 e. The summed E-state index contributed by atoms with van der Waals surface area (Å²) in [5, 5.41) is 2.70. The molecule has 0 aliphatic carbocycles. The number of aromatic nitrogens is 1. The Morgan fingerprint density at radius 1 is 1.21 bits per heavy atom. The molecule has 212 valence electrons. The third-order valence-electron chi connectivity index (χ3n) is 7.45. The molecule has 2 aromatic rings. The fourth-order valence-electron chi connectivity index (χ4n) is 5.26. The van der Waals surface area contributed by atoms with Crippen molar-refractivity contribution in [3.63, 3.8) is 0 Å². The van der Waals surface area contributed by atoms with Crippen molar-refractivity contribution in [2.24, 2.45) is 5.73 Å². The first-order chi connectivity index (χ1) is 18.5. The maximum atomic E-state index is 15.7. The summed E-state index contributed by atoms with van der Waals surface area (Å²) in [6.45, 7) is 8.06. The smallest absolute Gasteiger partial charge is 0.343 e. The summed E-state index contributed by atoms with van der Waals surface area (Å²) in [6, 6.07) is -0.308. The van der Waals surface area contributed by atoms with E-state index in [2.05, 4.69) is 5.32 Å². The van der Waals surface area contributed by atoms with Crippen molar-refractivity contribution < 1.29 is 28.2 Å². The summed E-state index contributed by atoms with van der Waals surface area (Å²) in [5.41, 5.74) is 6.77. The van der Waals surface area contributed by atoms with E-state index in [1.807, 2.05) is 23.3 Å². The number of esters is 2. The van der Waals surface area contributed by atoms with Crippen LogP contribution in [-0.4, -0.2) is 60.3 Å². The van der Waals surface area contributed by atoms with E-state index in [-0.39, 0.29) is 29.7 Å². The van der Waals surface area contributed by atoms with Gasteiger partial charge < -0.3 is 30.0 Å². The highest BCUT2D eigenvalue weighted by Gasteiger charge is 2.32. The van der Waals surface area contributed by atoms with E-state index in [9.17, 15) is 19.2 Å². The Hall–Kier alpha value is -3.47. The molecule has 0 radical (unpaired) electrons. The normalized spacial score (nSPS) is 18.9. The van der Waals surface area contributed by atoms with Gasteiger partial charge in [0, 0.05) is 49.1 Å². The van der Waals surface area contributed by atoms with Crippen molar-refractivity contribution in [3.05, 3.63) is 39.4 Å². The van der Waals surface area contributed by atoms with E-state index >= 15 is 4.39 Å². The lowest BCUT2D eigenvalue weighted by atomic mass is 9.93. The molecule has 3 N–H and O–H groups in total. The third kappa shape index (κ3) is 5.78. The fourth-order valence-corrected chi connectivity index (χ4v) is 5.26. The molecule has 0 unspecified atom stereocenters. The number of pyridine rings is 1. The SMILES string of the molecule is CCCOC(=O)c1cn2c3c(c(N4CCC(OC(=O)[C@H](C)NC(=O)[C@H](C)N)CC4)c(F)cc3c1=O)CC[C@@H]2C. The highest BCUT2D eigenvalue weighted by molar-refractivity contribution is 5.96. The molecule has 1 amide bonds. The van der Waals surface area contributed by atoms with Crippen LogP contribution in [0.1, 0.15) is 75.3 Å². The van der Waals surface area contributed by atoms with Crippen LogP contribution in [0.5, 0.6) is 0 Å². The zero-order chi connectivity index (χ0) is 28.4. The number of halogens is 1. The lowest BCUT2D eigenvalue weighted by Crippen LogP contribution is -2.48. The molecule has 2 aliphatic heterocycles. The number of carbonyl (C=O) groups excluding carboxylic acids is 3. The predicted molar refractivity (Wildman–Crippen MR) is 144 cm³/mol. The summed E-state index contributed by atoms with van der Waals surface area (Å²) in [6.07, 6.45) is 4.11. The maximum Gasteiger partial charge on any atom is 0.343 e. The van der Waals surface area contributed by atoms with Gasteiger partial charge in [-0.25, -0.2) is 14.0 Å². The van der Waals surface area contributed by atoms with Gasteiger partial charge in [0.15, 0.2) is 0 Å². The van der Waals surface area contributed by atoms with Gasteiger partial charge in [0.05, 0.1) is 23.9 Å². The monoisotopic (exact) mass is 544 g/mol. The molecule has 10 nitrogen and oxygen atoms in total. The van der Waals surface area contributed by atoms with Crippen LogP contribution in [-0.2, 0) is 25.5 Å². The minimum absolute atomic E-state index is 0.0199. The van der Waals surface area contributed by atoms with Gasteiger partial charge in [0.1, 0.15) is 23.5 Å². The van der Waals surface area contributed by atoms with E-state index < -0.39 is 41.2 Å². The lowest BCUT2D eigenvalue weighted by Gasteiger charge is -2.37. The summed E-state index contributed by atoms with van der Waals surface area (Å²) >= 11 is 0. The highest BCUT2D eigenvalue weighted by Crippen LogP contribution is 2.39. The van der Waals surface area contributed by atoms with Crippen molar-refractivity contribution >= 4 is 34.4 Å². The first kappa shape index (κ1) is 28.5. The predicted octanol–water partition coefficient (Wildman–Crippen LogP) is 2.58. The highest BCUT2D eigenvalue weighted by atomic mass is 19.1. The van der Waals surface area contributed by atoms with Gasteiger partial charge in [0.2, 0.25) is 11.3 Å². The molecule has 39 heavy (non-hydrogen) atoms. The van der Waals surface area contributed by atoms with Crippen LogP contribution >= 0.6 is 0 Å². The Morgan fingerprint density at radius 2 is 1.90 bits per heavy atom. The molecule has 1 aromatic heterocycles. The van der Waals surface area contributed by atoms with Crippen LogP contribution in [0.3, 0.4) is 0 Å². The Labute approximate surface area is 226 Å². The number of ether oxygens (including phenoxy) is 2. The third-order valence-corrected chi connectivity index (χ3v) is 7.45. The molecule has 1 fully saturated rings. The number of rotatable bonds is 8. The van der Waals surface area contributed by atoms with Crippen LogP contribution in [0.15, 0.2) is 17.1 Å². The van der Waals surface area contributed by atoms with Crippen molar-refractivity contribution in [2.45, 2.75) is 84.0 Å². The lowest BCUT2D eigenvalue weighted by molar-refractivity contribution is -0.153. The number of nitrogens with two attached hydrogens (primary N) is 1. The van der Waals surface area contributed by atoms with Crippen molar-refractivity contribution in [2.75, 3.05) is 24.6 Å². The Bertz CT molecular complexity index is 1330. The number of hydrogen-bond acceptors (Lipinski definition) is 8. The van der Waals surface area contributed by atoms with Gasteiger partial charge in [-0.3, -0.25) is 9.59 Å². The number of piperidine rings is 1. The van der Waals surface area contributed by atoms with Gasteiger partial charge in [-0.05, 0) is 46.1 Å². The molecule has 1 saturated heterocycles. The van der Waals surface area contributed by atoms with E-state index in [0.717, 1.165) is 12.0 Å². The average molecular weight is 545 g/mol. The number of nitrogens with zero attached hydrogens (tertiary/aromatic N) is 2. The summed E-state index contributed by atoms with van der Waals surface area (Å²) < 4.78 is 28.4. The van der Waals surface area contributed by atoms with Crippen LogP contribution in [0.2, 0.25) is 0 Å². The second kappa shape index (κ2) is 11.7. The molecule has 3 atom stereocenters. The van der Waals surface area contributed by atoms with Crippen LogP contribution in [0.25, 0.3) is 10.9 Å². The molecule has 2 aliphatic rings. The van der Waals surface area contributed by atoms with Gasteiger partial charge in [-0.15, -0.1) is 0 Å². The molecule has 0 saturated carbocycles. The molecular weight excluding hydrogens is 507 g/mol. The van der Waals surface area contributed by atoms with Crippen molar-refractivity contribution in [1.82, 2.24) is 9.88 Å². The van der Waals surface area contributed by atoms with E-state index in [1.165, 1.54) is 13.0 Å². The first-order valence-electron chi connectivity index (χ1n) is 13.6. The minimum atomic E-state index is -0.827. The van der Waals surface area contributed by atoms with Gasteiger partial charge in [-0.2, -0.15) is 0 Å². The van der Waals surface area contributed by atoms with Gasteiger partial charge in [0.25, 0.3) is 0 Å². The van der Waals surface area contributed by atoms with Crippen LogP contribution < -0.4 is 21.4 Å². The topological polar surface area (TPSA) is 133 Å².